The fraction of sp³-hybridized carbons (Fsp3) is 0.143. The van der Waals surface area contributed by atoms with Gasteiger partial charge in [0.25, 0.3) is 0 Å². The molecule has 0 aliphatic heterocycles. The highest BCUT2D eigenvalue weighted by molar-refractivity contribution is 9.10. The van der Waals surface area contributed by atoms with Crippen molar-refractivity contribution in [3.05, 3.63) is 62.6 Å². The molecule has 1 N–H and O–H groups in total. The maximum absolute atomic E-state index is 11.1. The molecule has 104 valence electrons. The number of aliphatic hydroxyl groups is 1. The Morgan fingerprint density at radius 1 is 1.30 bits per heavy atom. The largest absolute Gasteiger partial charge is 0.450 e. The molecule has 0 saturated heterocycles. The van der Waals surface area contributed by atoms with Gasteiger partial charge in [0.05, 0.1) is 11.0 Å². The molecule has 0 unspecified atom stereocenters. The van der Waals surface area contributed by atoms with Gasteiger partial charge < -0.3 is 9.84 Å². The van der Waals surface area contributed by atoms with Crippen LogP contribution in [-0.4, -0.2) is 10.0 Å². The number of nitro groups is 1. The molecule has 20 heavy (non-hydrogen) atoms. The minimum atomic E-state index is -0.770. The lowest BCUT2D eigenvalue weighted by Crippen LogP contribution is -1.97. The van der Waals surface area contributed by atoms with Crippen LogP contribution in [0.4, 0.5) is 5.69 Å². The summed E-state index contributed by atoms with van der Waals surface area (Å²) >= 11 is 3.31. The third-order valence-corrected chi connectivity index (χ3v) is 3.18. The van der Waals surface area contributed by atoms with E-state index in [9.17, 15) is 15.2 Å². The first-order valence-corrected chi connectivity index (χ1v) is 6.66. The number of halogens is 1. The fourth-order valence-electron chi connectivity index (χ4n) is 1.68. The summed E-state index contributed by atoms with van der Waals surface area (Å²) in [5.41, 5.74) is 0.293. The summed E-state index contributed by atoms with van der Waals surface area (Å²) in [6, 6.07) is 11.4. The lowest BCUT2D eigenvalue weighted by molar-refractivity contribution is -0.385. The van der Waals surface area contributed by atoms with Gasteiger partial charge in [0.15, 0.2) is 0 Å². The van der Waals surface area contributed by atoms with E-state index >= 15 is 0 Å². The fourth-order valence-corrected chi connectivity index (χ4v) is 2.06. The molecular formula is C14H12BrNO4. The Kier molecular flexibility index (Phi) is 4.36. The molecule has 0 amide bonds. The molecule has 0 bridgehead atoms. The zero-order chi connectivity index (χ0) is 14.7. The van der Waals surface area contributed by atoms with Crippen LogP contribution in [0.2, 0.25) is 0 Å². The Bertz CT molecular complexity index is 643. The van der Waals surface area contributed by atoms with Gasteiger partial charge in [0.1, 0.15) is 5.75 Å². The molecule has 0 spiro atoms. The van der Waals surface area contributed by atoms with Crippen molar-refractivity contribution in [3.63, 3.8) is 0 Å². The van der Waals surface area contributed by atoms with Gasteiger partial charge in [-0.25, -0.2) is 0 Å². The van der Waals surface area contributed by atoms with Crippen LogP contribution in [0.1, 0.15) is 18.6 Å². The second kappa shape index (κ2) is 6.02. The van der Waals surface area contributed by atoms with E-state index in [4.69, 9.17) is 4.74 Å². The van der Waals surface area contributed by atoms with E-state index in [1.54, 1.807) is 31.2 Å². The van der Waals surface area contributed by atoms with Gasteiger partial charge in [-0.3, -0.25) is 10.1 Å². The van der Waals surface area contributed by atoms with Crippen molar-refractivity contribution in [3.8, 4) is 11.5 Å². The number of benzene rings is 2. The summed E-state index contributed by atoms with van der Waals surface area (Å²) in [6.45, 7) is 1.55. The number of nitrogens with zero attached hydrogens (tertiary/aromatic N) is 1. The summed E-state index contributed by atoms with van der Waals surface area (Å²) in [5, 5.41) is 20.6. The first-order valence-electron chi connectivity index (χ1n) is 5.87. The molecule has 5 nitrogen and oxygen atoms in total. The molecule has 0 aliphatic rings. The number of rotatable bonds is 4. The summed E-state index contributed by atoms with van der Waals surface area (Å²) < 4.78 is 6.35. The van der Waals surface area contributed by atoms with E-state index in [-0.39, 0.29) is 11.4 Å². The Hall–Kier alpha value is -1.92. The van der Waals surface area contributed by atoms with Crippen molar-refractivity contribution in [1.82, 2.24) is 0 Å². The standard InChI is InChI=1S/C14H12BrNO4/c1-9(17)10-5-6-14(13(7-10)16(18)19)20-12-4-2-3-11(15)8-12/h2-9,17H,1H3/t9-/m0/s1. The van der Waals surface area contributed by atoms with E-state index in [0.29, 0.717) is 11.3 Å². The first-order chi connectivity index (χ1) is 9.47. The second-order valence-electron chi connectivity index (χ2n) is 4.22. The summed E-state index contributed by atoms with van der Waals surface area (Å²) in [6.07, 6.45) is -0.770. The van der Waals surface area contributed by atoms with Gasteiger partial charge in [-0.15, -0.1) is 0 Å². The van der Waals surface area contributed by atoms with Crippen molar-refractivity contribution in [2.75, 3.05) is 0 Å². The van der Waals surface area contributed by atoms with Crippen molar-refractivity contribution < 1.29 is 14.8 Å². The van der Waals surface area contributed by atoms with Crippen molar-refractivity contribution >= 4 is 21.6 Å². The van der Waals surface area contributed by atoms with E-state index in [1.807, 2.05) is 6.07 Å². The number of hydrogen-bond donors (Lipinski definition) is 1. The third-order valence-electron chi connectivity index (χ3n) is 2.69. The zero-order valence-electron chi connectivity index (χ0n) is 10.6. The molecule has 0 fully saturated rings. The van der Waals surface area contributed by atoms with Crippen LogP contribution in [0, 0.1) is 10.1 Å². The van der Waals surface area contributed by atoms with Crippen LogP contribution in [0.3, 0.4) is 0 Å². The highest BCUT2D eigenvalue weighted by Gasteiger charge is 2.18. The quantitative estimate of drug-likeness (QED) is 0.670. The number of hydrogen-bond acceptors (Lipinski definition) is 4. The average molecular weight is 338 g/mol. The van der Waals surface area contributed by atoms with Gasteiger partial charge in [0, 0.05) is 10.5 Å². The molecule has 2 aromatic rings. The summed E-state index contributed by atoms with van der Waals surface area (Å²) in [4.78, 5) is 10.6. The average Bonchev–Trinajstić information content (AvgIpc) is 2.38. The molecule has 0 heterocycles. The predicted octanol–water partition coefficient (Wildman–Crippen LogP) is 4.20. The van der Waals surface area contributed by atoms with Crippen molar-refractivity contribution in [1.29, 1.82) is 0 Å². The van der Waals surface area contributed by atoms with Gasteiger partial charge in [0.2, 0.25) is 5.75 Å². The van der Waals surface area contributed by atoms with Crippen LogP contribution in [0.25, 0.3) is 0 Å². The minimum Gasteiger partial charge on any atom is -0.450 e. The molecular weight excluding hydrogens is 326 g/mol. The van der Waals surface area contributed by atoms with E-state index in [0.717, 1.165) is 4.47 Å². The number of nitro benzene ring substituents is 1. The number of aliphatic hydroxyl groups excluding tert-OH is 1. The summed E-state index contributed by atoms with van der Waals surface area (Å²) in [7, 11) is 0. The zero-order valence-corrected chi connectivity index (χ0v) is 12.2. The van der Waals surface area contributed by atoms with Gasteiger partial charge >= 0.3 is 5.69 Å². The van der Waals surface area contributed by atoms with E-state index < -0.39 is 11.0 Å². The van der Waals surface area contributed by atoms with Crippen molar-refractivity contribution in [2.24, 2.45) is 0 Å². The first kappa shape index (κ1) is 14.5. The van der Waals surface area contributed by atoms with Gasteiger partial charge in [-0.1, -0.05) is 28.1 Å². The monoisotopic (exact) mass is 337 g/mol. The molecule has 2 aromatic carbocycles. The lowest BCUT2D eigenvalue weighted by atomic mass is 10.1. The SMILES string of the molecule is C[C@H](O)c1ccc(Oc2cccc(Br)c2)c([N+](=O)[O-])c1. The maximum atomic E-state index is 11.1. The Morgan fingerprint density at radius 3 is 2.65 bits per heavy atom. The normalized spacial score (nSPS) is 11.9. The molecule has 0 radical (unpaired) electrons. The highest BCUT2D eigenvalue weighted by Crippen LogP contribution is 2.34. The topological polar surface area (TPSA) is 72.6 Å². The Balaban J connectivity index is 2.38. The minimum absolute atomic E-state index is 0.137. The van der Waals surface area contributed by atoms with Crippen LogP contribution >= 0.6 is 15.9 Å². The molecule has 6 heteroatoms. The molecule has 0 saturated carbocycles. The van der Waals surface area contributed by atoms with Gasteiger partial charge in [-0.05, 0) is 36.8 Å². The third kappa shape index (κ3) is 3.34. The Labute approximate surface area is 124 Å². The van der Waals surface area contributed by atoms with Crippen LogP contribution in [0.5, 0.6) is 11.5 Å². The molecule has 1 atom stereocenters. The van der Waals surface area contributed by atoms with Gasteiger partial charge in [-0.2, -0.15) is 0 Å². The molecule has 2 rings (SSSR count). The molecule has 0 aliphatic carbocycles. The van der Waals surface area contributed by atoms with Crippen molar-refractivity contribution in [2.45, 2.75) is 13.0 Å². The van der Waals surface area contributed by atoms with Crippen LogP contribution in [0.15, 0.2) is 46.9 Å². The lowest BCUT2D eigenvalue weighted by Gasteiger charge is -2.09. The van der Waals surface area contributed by atoms with Crippen LogP contribution in [-0.2, 0) is 0 Å². The van der Waals surface area contributed by atoms with E-state index in [1.165, 1.54) is 12.1 Å². The van der Waals surface area contributed by atoms with E-state index in [2.05, 4.69) is 15.9 Å². The maximum Gasteiger partial charge on any atom is 0.311 e. The highest BCUT2D eigenvalue weighted by atomic mass is 79.9. The van der Waals surface area contributed by atoms with Crippen LogP contribution < -0.4 is 4.74 Å². The number of ether oxygens (including phenoxy) is 1. The molecule has 0 aromatic heterocycles. The second-order valence-corrected chi connectivity index (χ2v) is 5.14. The smallest absolute Gasteiger partial charge is 0.311 e. The summed E-state index contributed by atoms with van der Waals surface area (Å²) in [5.74, 6) is 0.629. The predicted molar refractivity (Wildman–Crippen MR) is 77.9 cm³/mol. The Morgan fingerprint density at radius 2 is 2.05 bits per heavy atom.